The molecule has 188 valence electrons. The number of benzene rings is 2. The van der Waals surface area contributed by atoms with E-state index in [1.165, 1.54) is 0 Å². The molecule has 3 atom stereocenters. The number of ether oxygens (including phenoxy) is 1. The summed E-state index contributed by atoms with van der Waals surface area (Å²) in [4.78, 5) is 18.4. The summed E-state index contributed by atoms with van der Waals surface area (Å²) in [5.41, 5.74) is 2.01. The Balaban J connectivity index is 1.37. The predicted octanol–water partition coefficient (Wildman–Crippen LogP) is 6.42. The normalized spacial score (nSPS) is 18.9. The predicted molar refractivity (Wildman–Crippen MR) is 140 cm³/mol. The zero-order valence-corrected chi connectivity index (χ0v) is 21.4. The molecule has 1 fully saturated rings. The summed E-state index contributed by atoms with van der Waals surface area (Å²) in [6.45, 7) is 1.56. The summed E-state index contributed by atoms with van der Waals surface area (Å²) in [7, 11) is 1.57. The first-order valence-corrected chi connectivity index (χ1v) is 12.6. The van der Waals surface area contributed by atoms with Crippen LogP contribution in [0.5, 0.6) is 5.75 Å². The Labute approximate surface area is 220 Å². The molecule has 1 aromatic heterocycles. The average Bonchev–Trinajstić information content (AvgIpc) is 2.88. The molecule has 8 heteroatoms. The van der Waals surface area contributed by atoms with Crippen molar-refractivity contribution in [3.63, 3.8) is 0 Å². The van der Waals surface area contributed by atoms with E-state index in [-0.39, 0.29) is 12.3 Å². The van der Waals surface area contributed by atoms with Crippen molar-refractivity contribution < 1.29 is 19.0 Å². The number of methoxy groups -OCH3 is 1. The Morgan fingerprint density at radius 2 is 2.08 bits per heavy atom. The number of hydrogen-bond donors (Lipinski definition) is 1. The van der Waals surface area contributed by atoms with Gasteiger partial charge < -0.3 is 9.84 Å². The second kappa shape index (κ2) is 11.9. The van der Waals surface area contributed by atoms with E-state index in [9.17, 15) is 9.90 Å². The van der Waals surface area contributed by atoms with E-state index in [0.717, 1.165) is 17.5 Å². The molecule has 0 unspecified atom stereocenters. The summed E-state index contributed by atoms with van der Waals surface area (Å²) in [5.74, 6) is 5.28. The minimum atomic E-state index is -1.22. The number of nitrogens with zero attached hydrogens (tertiary/aromatic N) is 2. The number of carbonyl (C=O) groups is 1. The summed E-state index contributed by atoms with van der Waals surface area (Å²) in [6, 6.07) is 12.3. The number of fused-ring (bicyclic) bond motifs is 1. The maximum atomic E-state index is 15.4. The van der Waals surface area contributed by atoms with Crippen molar-refractivity contribution in [2.45, 2.75) is 25.4 Å². The molecule has 5 nitrogen and oxygen atoms in total. The number of hydrogen-bond acceptors (Lipinski definition) is 4. The average molecular weight is 529 g/mol. The molecule has 2 heterocycles. The first-order chi connectivity index (χ1) is 17.4. The largest absolute Gasteiger partial charge is 0.497 e. The zero-order valence-electron chi connectivity index (χ0n) is 19.9. The third-order valence-electron chi connectivity index (χ3n) is 6.72. The van der Waals surface area contributed by atoms with Crippen LogP contribution in [-0.4, -0.2) is 47.7 Å². The molecule has 1 aliphatic heterocycles. The highest BCUT2D eigenvalue weighted by atomic mass is 35.5. The molecule has 0 radical (unpaired) electrons. The highest BCUT2D eigenvalue weighted by molar-refractivity contribution is 6.42. The molecule has 0 bridgehead atoms. The number of piperidine rings is 1. The van der Waals surface area contributed by atoms with E-state index in [1.54, 1.807) is 49.7 Å². The van der Waals surface area contributed by atoms with Crippen molar-refractivity contribution in [3.05, 3.63) is 69.8 Å². The van der Waals surface area contributed by atoms with Gasteiger partial charge in [-0.3, -0.25) is 14.7 Å². The zero-order chi connectivity index (χ0) is 25.7. The third-order valence-corrected chi connectivity index (χ3v) is 7.46. The van der Waals surface area contributed by atoms with Crippen LogP contribution in [0.25, 0.3) is 10.9 Å². The number of carboxylic acids is 1. The van der Waals surface area contributed by atoms with Gasteiger partial charge in [0.1, 0.15) is 11.9 Å². The van der Waals surface area contributed by atoms with Gasteiger partial charge in [0.25, 0.3) is 0 Å². The van der Waals surface area contributed by atoms with Crippen molar-refractivity contribution >= 4 is 40.1 Å². The Bertz CT molecular complexity index is 1310. The Morgan fingerprint density at radius 3 is 2.83 bits per heavy atom. The van der Waals surface area contributed by atoms with Crippen LogP contribution in [0.3, 0.4) is 0 Å². The smallest absolute Gasteiger partial charge is 0.308 e. The van der Waals surface area contributed by atoms with E-state index < -0.39 is 18.1 Å². The summed E-state index contributed by atoms with van der Waals surface area (Å²) >= 11 is 12.0. The molecule has 0 spiro atoms. The number of aliphatic carboxylic acids is 1. The molecule has 1 saturated heterocycles. The van der Waals surface area contributed by atoms with E-state index in [4.69, 9.17) is 27.9 Å². The Morgan fingerprint density at radius 1 is 1.25 bits per heavy atom. The van der Waals surface area contributed by atoms with Gasteiger partial charge in [-0.15, -0.1) is 0 Å². The number of likely N-dealkylation sites (tertiary alicyclic amines) is 1. The molecule has 3 aromatic rings. The van der Waals surface area contributed by atoms with Crippen LogP contribution < -0.4 is 4.74 Å². The minimum Gasteiger partial charge on any atom is -0.497 e. The molecule has 0 amide bonds. The summed E-state index contributed by atoms with van der Waals surface area (Å²) in [5, 5.41) is 11.5. The highest BCUT2D eigenvalue weighted by Crippen LogP contribution is 2.35. The number of alkyl halides is 1. The fourth-order valence-electron chi connectivity index (χ4n) is 4.73. The van der Waals surface area contributed by atoms with Crippen LogP contribution in [-0.2, 0) is 4.79 Å². The van der Waals surface area contributed by atoms with Crippen molar-refractivity contribution in [2.75, 3.05) is 26.7 Å². The van der Waals surface area contributed by atoms with Gasteiger partial charge in [-0.2, -0.15) is 0 Å². The lowest BCUT2D eigenvalue weighted by atomic mass is 9.81. The van der Waals surface area contributed by atoms with Crippen LogP contribution in [0, 0.1) is 23.7 Å². The molecule has 0 aliphatic carbocycles. The van der Waals surface area contributed by atoms with Gasteiger partial charge in [-0.05, 0) is 79.8 Å². The lowest BCUT2D eigenvalue weighted by Gasteiger charge is -2.35. The van der Waals surface area contributed by atoms with Crippen LogP contribution >= 0.6 is 23.2 Å². The van der Waals surface area contributed by atoms with Crippen LogP contribution in [0.4, 0.5) is 4.39 Å². The molecule has 0 saturated carbocycles. The Hall–Kier alpha value is -2.85. The first kappa shape index (κ1) is 26.2. The fraction of sp³-hybridized carbons (Fsp3) is 0.357. The van der Waals surface area contributed by atoms with Gasteiger partial charge in [0.2, 0.25) is 0 Å². The van der Waals surface area contributed by atoms with Crippen molar-refractivity contribution in [1.82, 2.24) is 9.88 Å². The van der Waals surface area contributed by atoms with Crippen molar-refractivity contribution in [1.29, 1.82) is 0 Å². The molecular weight excluding hydrogens is 502 g/mol. The minimum absolute atomic E-state index is 0.0948. The van der Waals surface area contributed by atoms with Crippen molar-refractivity contribution in [2.24, 2.45) is 11.8 Å². The molecule has 1 aliphatic rings. The SMILES string of the molecule is COc1ccc2nccc([C@@H](F)CC[C@@H]3CCN(CC#Cc4ccc(Cl)c(Cl)c4)C[C@@H]3C(=O)O)c2c1. The first-order valence-electron chi connectivity index (χ1n) is 11.8. The number of pyridine rings is 1. The van der Waals surface area contributed by atoms with Gasteiger partial charge in [-0.25, -0.2) is 4.39 Å². The number of carboxylic acid groups (broad SMARTS) is 1. The van der Waals surface area contributed by atoms with Gasteiger partial charge in [0.05, 0.1) is 35.1 Å². The van der Waals surface area contributed by atoms with Crippen LogP contribution in [0.15, 0.2) is 48.7 Å². The maximum Gasteiger partial charge on any atom is 0.308 e. The van der Waals surface area contributed by atoms with Gasteiger partial charge in [0.15, 0.2) is 0 Å². The van der Waals surface area contributed by atoms with Crippen LogP contribution in [0.1, 0.15) is 36.6 Å². The number of halogens is 3. The van der Waals surface area contributed by atoms with Gasteiger partial charge in [-0.1, -0.05) is 35.0 Å². The molecule has 4 rings (SSSR count). The highest BCUT2D eigenvalue weighted by Gasteiger charge is 2.34. The lowest BCUT2D eigenvalue weighted by molar-refractivity contribution is -0.146. The van der Waals surface area contributed by atoms with E-state index >= 15 is 4.39 Å². The fourth-order valence-corrected chi connectivity index (χ4v) is 5.02. The lowest BCUT2D eigenvalue weighted by Crippen LogP contribution is -2.44. The monoisotopic (exact) mass is 528 g/mol. The quantitative estimate of drug-likeness (QED) is 0.358. The van der Waals surface area contributed by atoms with E-state index in [0.29, 0.717) is 52.8 Å². The number of rotatable bonds is 7. The topological polar surface area (TPSA) is 62.7 Å². The summed E-state index contributed by atoms with van der Waals surface area (Å²) in [6.07, 6.45) is 1.82. The third kappa shape index (κ3) is 6.28. The van der Waals surface area contributed by atoms with Gasteiger partial charge >= 0.3 is 5.97 Å². The molecule has 1 N–H and O–H groups in total. The second-order valence-electron chi connectivity index (χ2n) is 8.99. The molecule has 2 aromatic carbocycles. The van der Waals surface area contributed by atoms with E-state index in [1.807, 2.05) is 11.0 Å². The van der Waals surface area contributed by atoms with E-state index in [2.05, 4.69) is 16.8 Å². The summed E-state index contributed by atoms with van der Waals surface area (Å²) < 4.78 is 20.7. The second-order valence-corrected chi connectivity index (χ2v) is 9.80. The molecular formula is C28H27Cl2FN2O3. The van der Waals surface area contributed by atoms with Crippen molar-refractivity contribution in [3.8, 4) is 17.6 Å². The standard InChI is InChI=1S/C28H27Cl2FN2O3/c1-36-20-6-9-27-22(16-20)21(10-12-32-27)26(31)8-5-19-11-14-33(17-23(19)28(34)35)13-2-3-18-4-7-24(29)25(30)15-18/h4,6-7,9-10,12,15-16,19,23,26H,5,8,11,13-14,17H2,1H3,(H,34,35)/t19-,23+,26+/m1/s1. The molecule has 36 heavy (non-hydrogen) atoms. The number of aromatic nitrogens is 1. The van der Waals surface area contributed by atoms with Crippen LogP contribution in [0.2, 0.25) is 10.0 Å². The maximum absolute atomic E-state index is 15.4. The Kier molecular flexibility index (Phi) is 8.68. The van der Waals surface area contributed by atoms with Gasteiger partial charge in [0, 0.05) is 23.7 Å².